The van der Waals surface area contributed by atoms with E-state index in [0.717, 1.165) is 41.6 Å². The molecule has 1 aliphatic rings. The summed E-state index contributed by atoms with van der Waals surface area (Å²) >= 11 is 0. The average Bonchev–Trinajstić information content (AvgIpc) is 2.74. The minimum absolute atomic E-state index is 0.0444. The molecule has 8 nitrogen and oxygen atoms in total. The largest absolute Gasteiger partial charge is 0.486 e. The number of nitro benzene ring substituents is 1. The zero-order chi connectivity index (χ0) is 20.4. The van der Waals surface area contributed by atoms with E-state index in [4.69, 9.17) is 14.5 Å². The van der Waals surface area contributed by atoms with E-state index in [-0.39, 0.29) is 10.6 Å². The highest BCUT2D eigenvalue weighted by molar-refractivity contribution is 6.08. The fourth-order valence-electron chi connectivity index (χ4n) is 3.65. The zero-order valence-corrected chi connectivity index (χ0v) is 16.6. The number of likely N-dealkylation sites (N-methyl/N-ethyl adjacent to an activating group) is 1. The Labute approximate surface area is 168 Å². The highest BCUT2D eigenvalue weighted by Gasteiger charge is 2.18. The number of non-ortho nitro benzene ring substituents is 1. The Morgan fingerprint density at radius 3 is 2.45 bits per heavy atom. The molecule has 152 valence electrons. The molecular weight excluding hydrogens is 372 g/mol. The van der Waals surface area contributed by atoms with E-state index in [1.165, 1.54) is 6.07 Å². The van der Waals surface area contributed by atoms with Crippen LogP contribution < -0.4 is 14.8 Å². The molecule has 2 heterocycles. The van der Waals surface area contributed by atoms with Gasteiger partial charge in [-0.05, 0) is 25.2 Å². The van der Waals surface area contributed by atoms with Gasteiger partial charge in [-0.1, -0.05) is 13.8 Å². The van der Waals surface area contributed by atoms with Crippen molar-refractivity contribution in [2.75, 3.05) is 44.7 Å². The lowest BCUT2D eigenvalue weighted by molar-refractivity contribution is -0.384. The number of aromatic nitrogens is 1. The van der Waals surface area contributed by atoms with Crippen molar-refractivity contribution in [1.29, 1.82) is 0 Å². The van der Waals surface area contributed by atoms with Gasteiger partial charge in [-0.25, -0.2) is 4.98 Å². The Morgan fingerprint density at radius 2 is 1.76 bits per heavy atom. The maximum Gasteiger partial charge on any atom is 0.270 e. The maximum atomic E-state index is 11.3. The molecule has 0 saturated carbocycles. The summed E-state index contributed by atoms with van der Waals surface area (Å²) in [7, 11) is 0. The first-order valence-electron chi connectivity index (χ1n) is 9.88. The van der Waals surface area contributed by atoms with Crippen LogP contribution in [0.15, 0.2) is 30.3 Å². The molecule has 0 saturated heterocycles. The summed E-state index contributed by atoms with van der Waals surface area (Å²) in [4.78, 5) is 18.0. The second kappa shape index (κ2) is 8.08. The molecule has 0 radical (unpaired) electrons. The molecule has 0 bridgehead atoms. The molecule has 1 aliphatic heterocycles. The van der Waals surface area contributed by atoms with Crippen molar-refractivity contribution in [3.63, 3.8) is 0 Å². The Hall–Kier alpha value is -3.13. The van der Waals surface area contributed by atoms with Gasteiger partial charge in [0.25, 0.3) is 5.69 Å². The Kier molecular flexibility index (Phi) is 5.35. The monoisotopic (exact) mass is 396 g/mol. The molecule has 0 spiro atoms. The molecule has 0 amide bonds. The normalized spacial score (nSPS) is 13.2. The number of hydrogen-bond donors (Lipinski definition) is 1. The summed E-state index contributed by atoms with van der Waals surface area (Å²) in [5.74, 6) is 1.34. The van der Waals surface area contributed by atoms with Crippen LogP contribution in [0.2, 0.25) is 0 Å². The van der Waals surface area contributed by atoms with Crippen molar-refractivity contribution >= 4 is 33.2 Å². The molecule has 4 rings (SSSR count). The third-order valence-electron chi connectivity index (χ3n) is 5.26. The fourth-order valence-corrected chi connectivity index (χ4v) is 3.65. The van der Waals surface area contributed by atoms with Crippen molar-refractivity contribution in [1.82, 2.24) is 9.88 Å². The molecule has 1 aromatic heterocycles. The Morgan fingerprint density at radius 1 is 1.07 bits per heavy atom. The molecular formula is C21H24N4O4. The smallest absolute Gasteiger partial charge is 0.270 e. The van der Waals surface area contributed by atoms with Gasteiger partial charge in [-0.15, -0.1) is 0 Å². The molecule has 29 heavy (non-hydrogen) atoms. The number of pyridine rings is 1. The van der Waals surface area contributed by atoms with Crippen molar-refractivity contribution < 1.29 is 14.4 Å². The van der Waals surface area contributed by atoms with Gasteiger partial charge in [0.05, 0.1) is 21.6 Å². The quantitative estimate of drug-likeness (QED) is 0.369. The van der Waals surface area contributed by atoms with Gasteiger partial charge in [0.1, 0.15) is 13.2 Å². The molecule has 8 heteroatoms. The predicted octanol–water partition coefficient (Wildman–Crippen LogP) is 3.82. The van der Waals surface area contributed by atoms with Gasteiger partial charge in [0.15, 0.2) is 11.5 Å². The minimum Gasteiger partial charge on any atom is -0.486 e. The van der Waals surface area contributed by atoms with Crippen LogP contribution in [0.25, 0.3) is 21.8 Å². The SMILES string of the molecule is CCN(CC)CCNc1c2cc([N+](=O)[O-])ccc2nc2cc3c(cc12)OCCO3. The molecule has 0 fully saturated rings. The van der Waals surface area contributed by atoms with Gasteiger partial charge in [0, 0.05) is 42.1 Å². The third kappa shape index (κ3) is 3.75. The molecule has 1 N–H and O–H groups in total. The number of benzene rings is 2. The summed E-state index contributed by atoms with van der Waals surface area (Å²) in [6.45, 7) is 8.80. The molecule has 2 aromatic carbocycles. The number of nitro groups is 1. The van der Waals surface area contributed by atoms with Gasteiger partial charge in [-0.3, -0.25) is 10.1 Å². The summed E-state index contributed by atoms with van der Waals surface area (Å²) in [6, 6.07) is 8.55. The zero-order valence-electron chi connectivity index (χ0n) is 16.6. The predicted molar refractivity (Wildman–Crippen MR) is 113 cm³/mol. The van der Waals surface area contributed by atoms with Crippen molar-refractivity contribution in [2.24, 2.45) is 0 Å². The highest BCUT2D eigenvalue weighted by Crippen LogP contribution is 2.40. The standard InChI is InChI=1S/C21H24N4O4/c1-3-24(4-2)8-7-22-21-15-11-14(25(26)27)5-6-17(15)23-18-13-20-19(12-16(18)21)28-9-10-29-20/h5-6,11-13H,3-4,7-10H2,1-2H3,(H,22,23). The van der Waals surface area contributed by atoms with E-state index in [1.54, 1.807) is 12.1 Å². The topological polar surface area (TPSA) is 89.8 Å². The van der Waals surface area contributed by atoms with Gasteiger partial charge in [0.2, 0.25) is 0 Å². The third-order valence-corrected chi connectivity index (χ3v) is 5.26. The first-order valence-corrected chi connectivity index (χ1v) is 9.88. The van der Waals surface area contributed by atoms with Gasteiger partial charge >= 0.3 is 0 Å². The summed E-state index contributed by atoms with van der Waals surface area (Å²) in [5.41, 5.74) is 2.34. The highest BCUT2D eigenvalue weighted by atomic mass is 16.6. The van der Waals surface area contributed by atoms with Crippen LogP contribution in [-0.2, 0) is 0 Å². The Bertz CT molecular complexity index is 1070. The second-order valence-corrected chi connectivity index (χ2v) is 6.91. The second-order valence-electron chi connectivity index (χ2n) is 6.91. The van der Waals surface area contributed by atoms with E-state index in [1.807, 2.05) is 12.1 Å². The fraction of sp³-hybridized carbons (Fsp3) is 0.381. The summed E-state index contributed by atoms with van der Waals surface area (Å²) in [5, 5.41) is 16.4. The number of fused-ring (bicyclic) bond motifs is 3. The molecule has 0 unspecified atom stereocenters. The Balaban J connectivity index is 1.84. The number of nitrogens with zero attached hydrogens (tertiary/aromatic N) is 3. The summed E-state index contributed by atoms with van der Waals surface area (Å²) in [6.07, 6.45) is 0. The lowest BCUT2D eigenvalue weighted by atomic mass is 10.1. The summed E-state index contributed by atoms with van der Waals surface area (Å²) < 4.78 is 11.4. The van der Waals surface area contributed by atoms with Crippen LogP contribution in [0.5, 0.6) is 11.5 Å². The molecule has 0 atom stereocenters. The van der Waals surface area contributed by atoms with Gasteiger partial charge in [-0.2, -0.15) is 0 Å². The van der Waals surface area contributed by atoms with Crippen LogP contribution in [0, 0.1) is 10.1 Å². The van der Waals surface area contributed by atoms with E-state index < -0.39 is 0 Å². The number of anilines is 1. The lowest BCUT2D eigenvalue weighted by Gasteiger charge is -2.21. The number of nitrogens with one attached hydrogen (secondary N) is 1. The van der Waals surface area contributed by atoms with E-state index in [0.29, 0.717) is 36.8 Å². The average molecular weight is 396 g/mol. The van der Waals surface area contributed by atoms with Crippen molar-refractivity contribution in [3.8, 4) is 11.5 Å². The molecule has 0 aliphatic carbocycles. The number of rotatable bonds is 7. The van der Waals surface area contributed by atoms with E-state index >= 15 is 0 Å². The number of ether oxygens (including phenoxy) is 2. The van der Waals surface area contributed by atoms with Crippen molar-refractivity contribution in [2.45, 2.75) is 13.8 Å². The van der Waals surface area contributed by atoms with Crippen LogP contribution in [0.1, 0.15) is 13.8 Å². The first kappa shape index (κ1) is 19.2. The van der Waals surface area contributed by atoms with E-state index in [2.05, 4.69) is 24.1 Å². The number of hydrogen-bond acceptors (Lipinski definition) is 7. The van der Waals surface area contributed by atoms with E-state index in [9.17, 15) is 10.1 Å². The van der Waals surface area contributed by atoms with Crippen LogP contribution in [0.4, 0.5) is 11.4 Å². The lowest BCUT2D eigenvalue weighted by Crippen LogP contribution is -2.28. The van der Waals surface area contributed by atoms with Crippen LogP contribution in [0.3, 0.4) is 0 Å². The first-order chi connectivity index (χ1) is 14.1. The van der Waals surface area contributed by atoms with Gasteiger partial charge < -0.3 is 19.7 Å². The molecule has 3 aromatic rings. The van der Waals surface area contributed by atoms with Crippen molar-refractivity contribution in [3.05, 3.63) is 40.4 Å². The minimum atomic E-state index is -0.382. The van der Waals surface area contributed by atoms with Crippen LogP contribution >= 0.6 is 0 Å². The van der Waals surface area contributed by atoms with Crippen LogP contribution in [-0.4, -0.2) is 54.2 Å². The maximum absolute atomic E-state index is 11.3.